The normalized spacial score (nSPS) is 15.7. The van der Waals surface area contributed by atoms with E-state index in [1.165, 1.54) is 0 Å². The molecule has 2 N–H and O–H groups in total. The Labute approximate surface area is 146 Å². The molecule has 0 aliphatic carbocycles. The number of hydrogen-bond donors (Lipinski definition) is 2. The molecule has 1 aromatic rings. The molecule has 134 valence electrons. The molecule has 7 nitrogen and oxygen atoms in total. The predicted molar refractivity (Wildman–Crippen MR) is 90.1 cm³/mol. The van der Waals surface area contributed by atoms with Crippen LogP contribution in [0.3, 0.4) is 0 Å². The van der Waals surface area contributed by atoms with Gasteiger partial charge >= 0.3 is 5.97 Å². The highest BCUT2D eigenvalue weighted by Gasteiger charge is 2.34. The smallest absolute Gasteiger partial charge is 0.326 e. The van der Waals surface area contributed by atoms with Crippen molar-refractivity contribution in [3.8, 4) is 0 Å². The van der Waals surface area contributed by atoms with E-state index in [4.69, 9.17) is 0 Å². The largest absolute Gasteiger partial charge is 0.480 e. The summed E-state index contributed by atoms with van der Waals surface area (Å²) in [6, 6.07) is 5.67. The van der Waals surface area contributed by atoms with Crippen molar-refractivity contribution in [2.24, 2.45) is 5.92 Å². The maximum atomic E-state index is 12.2. The molecule has 2 unspecified atom stereocenters. The predicted octanol–water partition coefficient (Wildman–Crippen LogP) is 1.68. The number of amides is 3. The summed E-state index contributed by atoms with van der Waals surface area (Å²) in [5.41, 5.74) is 0.749. The molecule has 3 amide bonds. The number of carboxylic acids is 1. The van der Waals surface area contributed by atoms with Crippen LogP contribution in [0, 0.1) is 5.92 Å². The van der Waals surface area contributed by atoms with E-state index >= 15 is 0 Å². The Kier molecular flexibility index (Phi) is 5.90. The van der Waals surface area contributed by atoms with Gasteiger partial charge in [0.15, 0.2) is 0 Å². The summed E-state index contributed by atoms with van der Waals surface area (Å²) in [4.78, 5) is 48.7. The molecular weight excluding hydrogens is 324 g/mol. The monoisotopic (exact) mass is 346 g/mol. The van der Waals surface area contributed by atoms with Crippen molar-refractivity contribution in [1.82, 2.24) is 10.2 Å². The maximum Gasteiger partial charge on any atom is 0.326 e. The van der Waals surface area contributed by atoms with E-state index in [1.807, 2.05) is 6.92 Å². The lowest BCUT2D eigenvalue weighted by Gasteiger charge is -2.20. The van der Waals surface area contributed by atoms with E-state index in [9.17, 15) is 24.3 Å². The second-order valence-electron chi connectivity index (χ2n) is 6.18. The van der Waals surface area contributed by atoms with Crippen LogP contribution in [0.4, 0.5) is 0 Å². The van der Waals surface area contributed by atoms with Gasteiger partial charge in [0, 0.05) is 13.0 Å². The van der Waals surface area contributed by atoms with Crippen molar-refractivity contribution in [3.63, 3.8) is 0 Å². The van der Waals surface area contributed by atoms with Gasteiger partial charge in [0.1, 0.15) is 6.04 Å². The van der Waals surface area contributed by atoms with Crippen molar-refractivity contribution in [2.75, 3.05) is 6.54 Å². The number of hydrogen-bond acceptors (Lipinski definition) is 4. The van der Waals surface area contributed by atoms with Crippen LogP contribution in [-0.2, 0) is 9.59 Å². The van der Waals surface area contributed by atoms with Crippen LogP contribution in [0.2, 0.25) is 0 Å². The van der Waals surface area contributed by atoms with Crippen molar-refractivity contribution in [1.29, 1.82) is 0 Å². The average molecular weight is 346 g/mol. The number of carboxylic acid groups (broad SMARTS) is 1. The molecule has 1 aromatic carbocycles. The van der Waals surface area contributed by atoms with Crippen molar-refractivity contribution >= 4 is 23.7 Å². The quantitative estimate of drug-likeness (QED) is 0.697. The molecule has 2 rings (SSSR count). The highest BCUT2D eigenvalue weighted by atomic mass is 16.4. The first-order chi connectivity index (χ1) is 11.9. The van der Waals surface area contributed by atoms with Crippen molar-refractivity contribution in [2.45, 2.75) is 39.2 Å². The molecule has 25 heavy (non-hydrogen) atoms. The SMILES string of the molecule is CCC(C)C(NC(=O)CCCN1C(=O)c2ccccc2C1=O)C(=O)O. The second-order valence-corrected chi connectivity index (χ2v) is 6.18. The molecule has 1 aliphatic rings. The molecule has 0 fully saturated rings. The van der Waals surface area contributed by atoms with Gasteiger partial charge in [-0.2, -0.15) is 0 Å². The van der Waals surface area contributed by atoms with Crippen LogP contribution in [0.25, 0.3) is 0 Å². The average Bonchev–Trinajstić information content (AvgIpc) is 2.84. The number of nitrogens with zero attached hydrogens (tertiary/aromatic N) is 1. The fourth-order valence-electron chi connectivity index (χ4n) is 2.77. The van der Waals surface area contributed by atoms with Crippen molar-refractivity contribution < 1.29 is 24.3 Å². The first-order valence-electron chi connectivity index (χ1n) is 8.34. The summed E-state index contributed by atoms with van der Waals surface area (Å²) < 4.78 is 0. The Hall–Kier alpha value is -2.70. The van der Waals surface area contributed by atoms with Crippen LogP contribution in [-0.4, -0.2) is 46.3 Å². The van der Waals surface area contributed by atoms with E-state index in [0.29, 0.717) is 17.5 Å². The molecule has 0 bridgehead atoms. The van der Waals surface area contributed by atoms with Gasteiger partial charge in [0.25, 0.3) is 11.8 Å². The van der Waals surface area contributed by atoms with E-state index in [-0.39, 0.29) is 37.1 Å². The van der Waals surface area contributed by atoms with E-state index < -0.39 is 17.9 Å². The minimum Gasteiger partial charge on any atom is -0.480 e. The molecule has 0 saturated heterocycles. The van der Waals surface area contributed by atoms with Gasteiger partial charge in [-0.15, -0.1) is 0 Å². The summed E-state index contributed by atoms with van der Waals surface area (Å²) in [6.45, 7) is 3.74. The summed E-state index contributed by atoms with van der Waals surface area (Å²) in [6.07, 6.45) is 0.962. The first-order valence-corrected chi connectivity index (χ1v) is 8.34. The standard InChI is InChI=1S/C18H22N2O5/c1-3-11(2)15(18(24)25)19-14(21)9-6-10-20-16(22)12-7-4-5-8-13(12)17(20)23/h4-5,7-8,11,15H,3,6,9-10H2,1-2H3,(H,19,21)(H,24,25). The second kappa shape index (κ2) is 7.92. The Morgan fingerprint density at radius 2 is 1.72 bits per heavy atom. The van der Waals surface area contributed by atoms with E-state index in [1.54, 1.807) is 31.2 Å². The zero-order chi connectivity index (χ0) is 18.6. The number of fused-ring (bicyclic) bond motifs is 1. The number of imide groups is 1. The van der Waals surface area contributed by atoms with Gasteiger partial charge in [-0.3, -0.25) is 19.3 Å². The fraction of sp³-hybridized carbons (Fsp3) is 0.444. The molecular formula is C18H22N2O5. The molecule has 0 aromatic heterocycles. The summed E-state index contributed by atoms with van der Waals surface area (Å²) >= 11 is 0. The summed E-state index contributed by atoms with van der Waals surface area (Å²) in [5, 5.41) is 11.7. The molecule has 7 heteroatoms. The highest BCUT2D eigenvalue weighted by molar-refractivity contribution is 6.21. The number of rotatable bonds is 8. The lowest BCUT2D eigenvalue weighted by Crippen LogP contribution is -2.45. The van der Waals surface area contributed by atoms with E-state index in [2.05, 4.69) is 5.32 Å². The number of benzene rings is 1. The summed E-state index contributed by atoms with van der Waals surface area (Å²) in [7, 11) is 0. The molecule has 1 heterocycles. The lowest BCUT2D eigenvalue weighted by molar-refractivity contribution is -0.143. The van der Waals surface area contributed by atoms with Crippen LogP contribution < -0.4 is 5.32 Å². The van der Waals surface area contributed by atoms with Gasteiger partial charge < -0.3 is 10.4 Å². The number of carbonyl (C=O) groups is 4. The zero-order valence-corrected chi connectivity index (χ0v) is 14.3. The lowest BCUT2D eigenvalue weighted by atomic mass is 9.99. The molecule has 0 radical (unpaired) electrons. The minimum absolute atomic E-state index is 0.0492. The van der Waals surface area contributed by atoms with Crippen LogP contribution in [0.15, 0.2) is 24.3 Å². The first kappa shape index (κ1) is 18.6. The maximum absolute atomic E-state index is 12.2. The highest BCUT2D eigenvalue weighted by Crippen LogP contribution is 2.22. The fourth-order valence-corrected chi connectivity index (χ4v) is 2.77. The van der Waals surface area contributed by atoms with Crippen LogP contribution >= 0.6 is 0 Å². The van der Waals surface area contributed by atoms with Gasteiger partial charge in [-0.25, -0.2) is 4.79 Å². The number of nitrogens with one attached hydrogen (secondary N) is 1. The zero-order valence-electron chi connectivity index (χ0n) is 14.3. The Balaban J connectivity index is 1.87. The van der Waals surface area contributed by atoms with Gasteiger partial charge in [-0.1, -0.05) is 32.4 Å². The third-order valence-electron chi connectivity index (χ3n) is 4.46. The third kappa shape index (κ3) is 4.04. The minimum atomic E-state index is -1.07. The van der Waals surface area contributed by atoms with Crippen LogP contribution in [0.1, 0.15) is 53.8 Å². The third-order valence-corrected chi connectivity index (χ3v) is 4.46. The molecule has 0 saturated carbocycles. The molecule has 2 atom stereocenters. The topological polar surface area (TPSA) is 104 Å². The van der Waals surface area contributed by atoms with Crippen molar-refractivity contribution in [3.05, 3.63) is 35.4 Å². The molecule has 0 spiro atoms. The Morgan fingerprint density at radius 1 is 1.16 bits per heavy atom. The van der Waals surface area contributed by atoms with Gasteiger partial charge in [0.05, 0.1) is 11.1 Å². The van der Waals surface area contributed by atoms with E-state index in [0.717, 1.165) is 4.90 Å². The van der Waals surface area contributed by atoms with Gasteiger partial charge in [0.2, 0.25) is 5.91 Å². The Bertz CT molecular complexity index is 665. The molecule has 1 aliphatic heterocycles. The number of carbonyl (C=O) groups excluding carboxylic acids is 3. The summed E-state index contributed by atoms with van der Waals surface area (Å²) in [5.74, 6) is -2.36. The Morgan fingerprint density at radius 3 is 2.20 bits per heavy atom. The van der Waals surface area contributed by atoms with Gasteiger partial charge in [-0.05, 0) is 24.5 Å². The van der Waals surface area contributed by atoms with Crippen LogP contribution in [0.5, 0.6) is 0 Å². The number of aliphatic carboxylic acids is 1.